The molecule has 0 aliphatic carbocycles. The normalized spacial score (nSPS) is 11.9. The summed E-state index contributed by atoms with van der Waals surface area (Å²) in [6.07, 6.45) is 0. The first-order chi connectivity index (χ1) is 28.3. The zero-order chi connectivity index (χ0) is 37.8. The number of hydrogen-bond donors (Lipinski definition) is 0. The van der Waals surface area contributed by atoms with Crippen molar-refractivity contribution in [1.29, 1.82) is 0 Å². The van der Waals surface area contributed by atoms with Crippen molar-refractivity contribution in [1.82, 2.24) is 9.13 Å². The molecule has 2 heterocycles. The summed E-state index contributed by atoms with van der Waals surface area (Å²) in [6.45, 7) is 0. The van der Waals surface area contributed by atoms with E-state index >= 15 is 0 Å². The molecule has 0 aliphatic heterocycles. The number of aromatic nitrogens is 2. The third-order valence-corrected chi connectivity index (χ3v) is 11.8. The van der Waals surface area contributed by atoms with Crippen molar-refractivity contribution < 1.29 is 0 Å². The number of fused-ring (bicyclic) bond motifs is 6. The molecular formula is C55H38N2. The fourth-order valence-corrected chi connectivity index (χ4v) is 9.40. The van der Waals surface area contributed by atoms with Crippen molar-refractivity contribution in [2.75, 3.05) is 0 Å². The molecule has 0 unspecified atom stereocenters. The monoisotopic (exact) mass is 726 g/mol. The summed E-state index contributed by atoms with van der Waals surface area (Å²) in [5.41, 5.74) is 13.8. The van der Waals surface area contributed by atoms with E-state index in [1.54, 1.807) is 0 Å². The van der Waals surface area contributed by atoms with Gasteiger partial charge in [-0.2, -0.15) is 0 Å². The summed E-state index contributed by atoms with van der Waals surface area (Å²) in [6, 6.07) is 84.2. The number of rotatable bonds is 7. The number of benzene rings is 9. The topological polar surface area (TPSA) is 9.86 Å². The van der Waals surface area contributed by atoms with Crippen LogP contribution in [0.2, 0.25) is 0 Å². The third kappa shape index (κ3) is 5.18. The fraction of sp³-hybridized carbons (Fsp3) is 0.0182. The number of nitrogens with zero attached hydrogens (tertiary/aromatic N) is 2. The van der Waals surface area contributed by atoms with Crippen LogP contribution in [0, 0.1) is 0 Å². The van der Waals surface area contributed by atoms with Gasteiger partial charge in [0.15, 0.2) is 0 Å². The van der Waals surface area contributed by atoms with Gasteiger partial charge in [0.05, 0.1) is 27.5 Å². The zero-order valence-electron chi connectivity index (χ0n) is 31.3. The molecule has 9 aromatic carbocycles. The summed E-state index contributed by atoms with van der Waals surface area (Å²) >= 11 is 0. The van der Waals surface area contributed by atoms with Gasteiger partial charge in [-0.25, -0.2) is 0 Å². The first-order valence-corrected chi connectivity index (χ1v) is 19.7. The number of hydrogen-bond acceptors (Lipinski definition) is 0. The first-order valence-electron chi connectivity index (χ1n) is 19.7. The first kappa shape index (κ1) is 33.0. The van der Waals surface area contributed by atoms with Crippen LogP contribution < -0.4 is 0 Å². The van der Waals surface area contributed by atoms with Crippen LogP contribution in [0.15, 0.2) is 231 Å². The minimum Gasteiger partial charge on any atom is -0.309 e. The van der Waals surface area contributed by atoms with E-state index in [4.69, 9.17) is 0 Å². The molecule has 0 fully saturated rings. The molecule has 0 saturated carbocycles. The Morgan fingerprint density at radius 2 is 0.614 bits per heavy atom. The average Bonchev–Trinajstić information content (AvgIpc) is 3.81. The van der Waals surface area contributed by atoms with Gasteiger partial charge in [0.25, 0.3) is 0 Å². The van der Waals surface area contributed by atoms with E-state index in [1.807, 2.05) is 0 Å². The minimum atomic E-state index is -0.525. The molecule has 0 bridgehead atoms. The van der Waals surface area contributed by atoms with Gasteiger partial charge in [0.2, 0.25) is 0 Å². The maximum atomic E-state index is 2.44. The van der Waals surface area contributed by atoms with Crippen molar-refractivity contribution in [3.63, 3.8) is 0 Å². The van der Waals surface area contributed by atoms with E-state index in [2.05, 4.69) is 240 Å². The minimum absolute atomic E-state index is 0.525. The van der Waals surface area contributed by atoms with Crippen molar-refractivity contribution in [3.8, 4) is 22.5 Å². The molecule has 0 radical (unpaired) electrons. The Hall–Kier alpha value is -7.42. The number of para-hydroxylation sites is 3. The van der Waals surface area contributed by atoms with Gasteiger partial charge in [-0.3, -0.25) is 0 Å². The van der Waals surface area contributed by atoms with Crippen molar-refractivity contribution >= 4 is 43.6 Å². The van der Waals surface area contributed by atoms with Crippen molar-refractivity contribution in [3.05, 3.63) is 253 Å². The molecule has 0 atom stereocenters. The predicted octanol–water partition coefficient (Wildman–Crippen LogP) is 13.9. The molecule has 2 nitrogen and oxygen atoms in total. The Morgan fingerprint density at radius 3 is 1.05 bits per heavy atom. The lowest BCUT2D eigenvalue weighted by atomic mass is 9.65. The van der Waals surface area contributed by atoms with Crippen molar-refractivity contribution in [2.24, 2.45) is 0 Å². The standard InChI is InChI=1S/C55H38N2/c1-4-20-41(21-5-1)55(42-22-6-2-7-23-42,43-24-8-3-9-25-43)44-34-35-54-50(38-44)49-30-12-15-33-53(49)57(54)46-27-17-19-40(37-46)39-18-16-26-45(36-39)56-51-31-13-10-28-47(51)48-29-11-14-32-52(48)56/h1-38H. The summed E-state index contributed by atoms with van der Waals surface area (Å²) in [7, 11) is 0. The van der Waals surface area contributed by atoms with Crippen molar-refractivity contribution in [2.45, 2.75) is 5.41 Å². The summed E-state index contributed by atoms with van der Waals surface area (Å²) in [5.74, 6) is 0. The van der Waals surface area contributed by atoms with E-state index in [0.29, 0.717) is 0 Å². The van der Waals surface area contributed by atoms with Crippen LogP contribution in [0.4, 0.5) is 0 Å². The molecule has 11 rings (SSSR count). The molecule has 0 saturated heterocycles. The van der Waals surface area contributed by atoms with Crippen LogP contribution in [-0.2, 0) is 5.41 Å². The Bertz CT molecular complexity index is 3080. The predicted molar refractivity (Wildman–Crippen MR) is 239 cm³/mol. The molecule has 0 aliphatic rings. The molecular weight excluding hydrogens is 689 g/mol. The smallest absolute Gasteiger partial charge is 0.0701 e. The summed E-state index contributed by atoms with van der Waals surface area (Å²) < 4.78 is 4.83. The van der Waals surface area contributed by atoms with E-state index in [-0.39, 0.29) is 0 Å². The highest BCUT2D eigenvalue weighted by atomic mass is 15.0. The molecule has 268 valence electrons. The second-order valence-corrected chi connectivity index (χ2v) is 14.9. The van der Waals surface area contributed by atoms with Gasteiger partial charge >= 0.3 is 0 Å². The quantitative estimate of drug-likeness (QED) is 0.145. The highest BCUT2D eigenvalue weighted by Crippen LogP contribution is 2.47. The van der Waals surface area contributed by atoms with Gasteiger partial charge in [-0.05, 0) is 88.0 Å². The molecule has 11 aromatic rings. The average molecular weight is 727 g/mol. The summed E-state index contributed by atoms with van der Waals surface area (Å²) in [5, 5.41) is 5.00. The van der Waals surface area contributed by atoms with Gasteiger partial charge in [-0.15, -0.1) is 0 Å². The second kappa shape index (κ2) is 13.4. The Labute approximate surface area is 332 Å². The molecule has 57 heavy (non-hydrogen) atoms. The summed E-state index contributed by atoms with van der Waals surface area (Å²) in [4.78, 5) is 0. The van der Waals surface area contributed by atoms with Gasteiger partial charge < -0.3 is 9.13 Å². The lowest BCUT2D eigenvalue weighted by Crippen LogP contribution is -2.30. The maximum absolute atomic E-state index is 2.44. The fourth-order valence-electron chi connectivity index (χ4n) is 9.40. The van der Waals surface area contributed by atoms with E-state index in [9.17, 15) is 0 Å². The molecule has 2 heteroatoms. The van der Waals surface area contributed by atoms with E-state index < -0.39 is 5.41 Å². The van der Waals surface area contributed by atoms with Gasteiger partial charge in [0.1, 0.15) is 0 Å². The van der Waals surface area contributed by atoms with Gasteiger partial charge in [-0.1, -0.05) is 176 Å². The Kier molecular flexibility index (Phi) is 7.75. The third-order valence-electron chi connectivity index (χ3n) is 11.8. The van der Waals surface area contributed by atoms with Crippen LogP contribution in [0.25, 0.3) is 66.1 Å². The maximum Gasteiger partial charge on any atom is 0.0701 e. The largest absolute Gasteiger partial charge is 0.309 e. The lowest BCUT2D eigenvalue weighted by molar-refractivity contribution is 0.746. The highest BCUT2D eigenvalue weighted by Gasteiger charge is 2.38. The Balaban J connectivity index is 1.09. The van der Waals surface area contributed by atoms with Crippen LogP contribution in [0.3, 0.4) is 0 Å². The van der Waals surface area contributed by atoms with Crippen LogP contribution in [0.1, 0.15) is 22.3 Å². The lowest BCUT2D eigenvalue weighted by Gasteiger charge is -2.37. The molecule has 2 aromatic heterocycles. The van der Waals surface area contributed by atoms with Crippen LogP contribution in [0.5, 0.6) is 0 Å². The van der Waals surface area contributed by atoms with Gasteiger partial charge in [0, 0.05) is 32.9 Å². The van der Waals surface area contributed by atoms with E-state index in [1.165, 1.54) is 77.0 Å². The van der Waals surface area contributed by atoms with Crippen LogP contribution in [-0.4, -0.2) is 9.13 Å². The SMILES string of the molecule is c1ccc(C(c2ccccc2)(c2ccccc2)c2ccc3c(c2)c2ccccc2n3-c2cccc(-c3cccc(-n4c5ccccc5c5ccccc54)c3)c2)cc1. The Morgan fingerprint density at radius 1 is 0.246 bits per heavy atom. The molecule has 0 spiro atoms. The van der Waals surface area contributed by atoms with Crippen LogP contribution >= 0.6 is 0 Å². The van der Waals surface area contributed by atoms with E-state index in [0.717, 1.165) is 11.4 Å². The highest BCUT2D eigenvalue weighted by molar-refractivity contribution is 6.10. The molecule has 0 amide bonds. The zero-order valence-corrected chi connectivity index (χ0v) is 31.3. The second-order valence-electron chi connectivity index (χ2n) is 14.9. The molecule has 0 N–H and O–H groups in total.